The van der Waals surface area contributed by atoms with Crippen LogP contribution in [0.5, 0.6) is 0 Å². The van der Waals surface area contributed by atoms with Gasteiger partial charge in [0.15, 0.2) is 0 Å². The average molecular weight is 289 g/mol. The van der Waals surface area contributed by atoms with Gasteiger partial charge in [0.05, 0.1) is 6.54 Å². The molecular weight excluding hydrogens is 262 g/mol. The molecule has 1 saturated carbocycles. The quantitative estimate of drug-likeness (QED) is 0.876. The van der Waals surface area contributed by atoms with E-state index in [4.69, 9.17) is 5.73 Å². The van der Waals surface area contributed by atoms with Crippen molar-refractivity contribution in [2.24, 2.45) is 11.7 Å². The van der Waals surface area contributed by atoms with Crippen LogP contribution < -0.4 is 11.1 Å². The van der Waals surface area contributed by atoms with Crippen molar-refractivity contribution >= 4 is 11.6 Å². The molecule has 0 bridgehead atoms. The zero-order valence-corrected chi connectivity index (χ0v) is 13.1. The molecule has 1 amide bonds. The molecule has 116 valence electrons. The number of benzene rings is 1. The van der Waals surface area contributed by atoms with Crippen LogP contribution in [0.3, 0.4) is 0 Å². The summed E-state index contributed by atoms with van der Waals surface area (Å²) in [5.41, 5.74) is 7.47. The Morgan fingerprint density at radius 1 is 1.33 bits per heavy atom. The first-order valence-corrected chi connectivity index (χ1v) is 7.87. The van der Waals surface area contributed by atoms with E-state index in [1.807, 2.05) is 24.3 Å². The summed E-state index contributed by atoms with van der Waals surface area (Å²) >= 11 is 0. The molecule has 21 heavy (non-hydrogen) atoms. The first-order chi connectivity index (χ1) is 10.1. The van der Waals surface area contributed by atoms with Crippen molar-refractivity contribution in [1.82, 2.24) is 4.90 Å². The predicted octanol–water partition coefficient (Wildman–Crippen LogP) is 2.59. The Kier molecular flexibility index (Phi) is 5.76. The molecule has 1 aromatic rings. The standard InChI is InChI=1S/C17H27N3O/c1-13-4-3-5-16(10-13)20(2)12-17(21)19-15-8-6-14(11-18)7-9-15/h6-9,13,16H,3-5,10-12,18H2,1-2H3,(H,19,21). The maximum atomic E-state index is 12.1. The summed E-state index contributed by atoms with van der Waals surface area (Å²) < 4.78 is 0. The fourth-order valence-corrected chi connectivity index (χ4v) is 3.08. The normalized spacial score (nSPS) is 22.3. The fourth-order valence-electron chi connectivity index (χ4n) is 3.08. The third kappa shape index (κ3) is 4.83. The van der Waals surface area contributed by atoms with Gasteiger partial charge in [-0.3, -0.25) is 9.69 Å². The summed E-state index contributed by atoms with van der Waals surface area (Å²) in [7, 11) is 2.06. The maximum Gasteiger partial charge on any atom is 0.238 e. The lowest BCUT2D eigenvalue weighted by atomic mass is 9.86. The summed E-state index contributed by atoms with van der Waals surface area (Å²) in [6.07, 6.45) is 5.01. The molecule has 0 radical (unpaired) electrons. The van der Waals surface area contributed by atoms with Crippen LogP contribution in [0.4, 0.5) is 5.69 Å². The molecule has 3 N–H and O–H groups in total. The van der Waals surface area contributed by atoms with Crippen molar-refractivity contribution in [2.75, 3.05) is 18.9 Å². The number of hydrogen-bond acceptors (Lipinski definition) is 3. The Morgan fingerprint density at radius 3 is 2.67 bits per heavy atom. The van der Waals surface area contributed by atoms with E-state index in [0.29, 0.717) is 19.1 Å². The Bertz CT molecular complexity index is 458. The van der Waals surface area contributed by atoms with Crippen molar-refractivity contribution in [3.63, 3.8) is 0 Å². The smallest absolute Gasteiger partial charge is 0.238 e. The summed E-state index contributed by atoms with van der Waals surface area (Å²) in [6.45, 7) is 3.28. The van der Waals surface area contributed by atoms with E-state index in [0.717, 1.165) is 17.2 Å². The van der Waals surface area contributed by atoms with Gasteiger partial charge >= 0.3 is 0 Å². The molecule has 0 aromatic heterocycles. The number of rotatable bonds is 5. The molecule has 2 unspecified atom stereocenters. The van der Waals surface area contributed by atoms with Crippen molar-refractivity contribution < 1.29 is 4.79 Å². The molecule has 2 atom stereocenters. The highest BCUT2D eigenvalue weighted by Gasteiger charge is 2.23. The largest absolute Gasteiger partial charge is 0.326 e. The van der Waals surface area contributed by atoms with Crippen LogP contribution in [0, 0.1) is 5.92 Å². The minimum absolute atomic E-state index is 0.0521. The van der Waals surface area contributed by atoms with Crippen molar-refractivity contribution in [3.05, 3.63) is 29.8 Å². The number of carbonyl (C=O) groups is 1. The molecule has 1 aromatic carbocycles. The Labute approximate surface area is 127 Å². The van der Waals surface area contributed by atoms with E-state index >= 15 is 0 Å². The number of nitrogens with zero attached hydrogens (tertiary/aromatic N) is 1. The molecular formula is C17H27N3O. The molecule has 4 nitrogen and oxygen atoms in total. The van der Waals surface area contributed by atoms with Crippen molar-refractivity contribution in [3.8, 4) is 0 Å². The Morgan fingerprint density at radius 2 is 2.05 bits per heavy atom. The van der Waals surface area contributed by atoms with Crippen LogP contribution >= 0.6 is 0 Å². The summed E-state index contributed by atoms with van der Waals surface area (Å²) in [4.78, 5) is 14.3. The van der Waals surface area contributed by atoms with E-state index < -0.39 is 0 Å². The van der Waals surface area contributed by atoms with E-state index in [1.54, 1.807) is 0 Å². The van der Waals surface area contributed by atoms with Gasteiger partial charge < -0.3 is 11.1 Å². The van der Waals surface area contributed by atoms with Gasteiger partial charge in [-0.05, 0) is 43.5 Å². The first kappa shape index (κ1) is 16.0. The molecule has 0 spiro atoms. The second kappa shape index (κ2) is 7.57. The summed E-state index contributed by atoms with van der Waals surface area (Å²) in [5, 5.41) is 2.95. The Hall–Kier alpha value is -1.39. The molecule has 4 heteroatoms. The topological polar surface area (TPSA) is 58.4 Å². The molecule has 1 aliphatic carbocycles. The minimum atomic E-state index is 0.0521. The third-order valence-electron chi connectivity index (χ3n) is 4.40. The summed E-state index contributed by atoms with van der Waals surface area (Å²) in [6, 6.07) is 8.25. The van der Waals surface area contributed by atoms with Gasteiger partial charge in [0.2, 0.25) is 5.91 Å². The molecule has 0 aliphatic heterocycles. The van der Waals surface area contributed by atoms with E-state index in [1.165, 1.54) is 25.7 Å². The second-order valence-electron chi connectivity index (χ2n) is 6.29. The predicted molar refractivity (Wildman–Crippen MR) is 87.0 cm³/mol. The highest BCUT2D eigenvalue weighted by atomic mass is 16.2. The number of amides is 1. The number of anilines is 1. The average Bonchev–Trinajstić information content (AvgIpc) is 2.48. The third-order valence-corrected chi connectivity index (χ3v) is 4.40. The molecule has 2 rings (SSSR count). The molecule has 1 aliphatic rings. The molecule has 1 fully saturated rings. The SMILES string of the molecule is CC1CCCC(N(C)CC(=O)Nc2ccc(CN)cc2)C1. The van der Waals surface area contributed by atoms with Crippen molar-refractivity contribution in [2.45, 2.75) is 45.2 Å². The lowest BCUT2D eigenvalue weighted by Crippen LogP contribution is -2.40. The van der Waals surface area contributed by atoms with E-state index in [9.17, 15) is 4.79 Å². The maximum absolute atomic E-state index is 12.1. The van der Waals surface area contributed by atoms with Crippen LogP contribution in [-0.2, 0) is 11.3 Å². The molecule has 0 saturated heterocycles. The van der Waals surface area contributed by atoms with Gasteiger partial charge in [0.25, 0.3) is 0 Å². The zero-order valence-electron chi connectivity index (χ0n) is 13.1. The van der Waals surface area contributed by atoms with Gasteiger partial charge in [0.1, 0.15) is 0 Å². The molecule has 0 heterocycles. The van der Waals surface area contributed by atoms with Crippen LogP contribution in [0.2, 0.25) is 0 Å². The van der Waals surface area contributed by atoms with Gasteiger partial charge in [-0.15, -0.1) is 0 Å². The minimum Gasteiger partial charge on any atom is -0.326 e. The highest BCUT2D eigenvalue weighted by Crippen LogP contribution is 2.26. The number of hydrogen-bond donors (Lipinski definition) is 2. The number of carbonyl (C=O) groups excluding carboxylic acids is 1. The second-order valence-corrected chi connectivity index (χ2v) is 6.29. The number of nitrogens with two attached hydrogens (primary N) is 1. The lowest BCUT2D eigenvalue weighted by Gasteiger charge is -2.33. The van der Waals surface area contributed by atoms with Crippen LogP contribution in [0.25, 0.3) is 0 Å². The lowest BCUT2D eigenvalue weighted by molar-refractivity contribution is -0.117. The van der Waals surface area contributed by atoms with Gasteiger partial charge in [-0.2, -0.15) is 0 Å². The van der Waals surface area contributed by atoms with E-state index in [-0.39, 0.29) is 5.91 Å². The summed E-state index contributed by atoms with van der Waals surface area (Å²) in [5.74, 6) is 0.828. The number of nitrogens with one attached hydrogen (secondary N) is 1. The van der Waals surface area contributed by atoms with Gasteiger partial charge in [-0.25, -0.2) is 0 Å². The van der Waals surface area contributed by atoms with Crippen molar-refractivity contribution in [1.29, 1.82) is 0 Å². The van der Waals surface area contributed by atoms with Crippen LogP contribution in [0.15, 0.2) is 24.3 Å². The van der Waals surface area contributed by atoms with Crippen LogP contribution in [0.1, 0.15) is 38.2 Å². The zero-order chi connectivity index (χ0) is 15.2. The van der Waals surface area contributed by atoms with Gasteiger partial charge in [0, 0.05) is 18.3 Å². The fraction of sp³-hybridized carbons (Fsp3) is 0.588. The van der Waals surface area contributed by atoms with Gasteiger partial charge in [-0.1, -0.05) is 31.9 Å². The Balaban J connectivity index is 1.82. The first-order valence-electron chi connectivity index (χ1n) is 7.87. The monoisotopic (exact) mass is 289 g/mol. The number of likely N-dealkylation sites (N-methyl/N-ethyl adjacent to an activating group) is 1. The van der Waals surface area contributed by atoms with Crippen LogP contribution in [-0.4, -0.2) is 30.4 Å². The van der Waals surface area contributed by atoms with E-state index in [2.05, 4.69) is 24.2 Å². The highest BCUT2D eigenvalue weighted by molar-refractivity contribution is 5.92.